The summed E-state index contributed by atoms with van der Waals surface area (Å²) in [5, 5.41) is 11.6. The summed E-state index contributed by atoms with van der Waals surface area (Å²) in [5.74, 6) is -0.404. The van der Waals surface area contributed by atoms with Crippen LogP contribution in [-0.4, -0.2) is 41.9 Å². The third kappa shape index (κ3) is 3.69. The van der Waals surface area contributed by atoms with Gasteiger partial charge in [-0.25, -0.2) is 0 Å². The molecule has 6 heteroatoms. The molecule has 1 heterocycles. The number of hydrogen-bond donors (Lipinski definition) is 2. The third-order valence-electron chi connectivity index (χ3n) is 2.29. The fourth-order valence-corrected chi connectivity index (χ4v) is 1.30. The van der Waals surface area contributed by atoms with Gasteiger partial charge in [-0.15, -0.1) is 0 Å². The van der Waals surface area contributed by atoms with Crippen molar-refractivity contribution in [1.82, 2.24) is 9.88 Å². The summed E-state index contributed by atoms with van der Waals surface area (Å²) in [6, 6.07) is 2.31. The molecule has 94 valence electrons. The van der Waals surface area contributed by atoms with Crippen LogP contribution in [-0.2, 0) is 11.8 Å². The van der Waals surface area contributed by atoms with Crippen molar-refractivity contribution in [2.75, 3.05) is 20.3 Å². The highest BCUT2D eigenvalue weighted by Gasteiger charge is 2.13. The lowest BCUT2D eigenvalue weighted by molar-refractivity contribution is 0.0839. The summed E-state index contributed by atoms with van der Waals surface area (Å²) in [6.45, 7) is -0.00247. The van der Waals surface area contributed by atoms with Gasteiger partial charge in [0, 0.05) is 32.0 Å². The summed E-state index contributed by atoms with van der Waals surface area (Å²) in [4.78, 5) is 23.1. The minimum atomic E-state index is -0.475. The quantitative estimate of drug-likeness (QED) is 0.700. The van der Waals surface area contributed by atoms with Crippen molar-refractivity contribution in [3.05, 3.63) is 34.2 Å². The number of amides is 1. The van der Waals surface area contributed by atoms with Crippen LogP contribution in [0, 0.1) is 0 Å². The molecule has 0 radical (unpaired) electrons. The molecule has 0 fully saturated rings. The molecule has 1 atom stereocenters. The van der Waals surface area contributed by atoms with Gasteiger partial charge in [0.2, 0.25) is 0 Å². The van der Waals surface area contributed by atoms with Gasteiger partial charge >= 0.3 is 0 Å². The largest absolute Gasteiger partial charge is 0.394 e. The van der Waals surface area contributed by atoms with E-state index < -0.39 is 11.9 Å². The third-order valence-corrected chi connectivity index (χ3v) is 2.29. The van der Waals surface area contributed by atoms with E-state index in [4.69, 9.17) is 9.84 Å². The van der Waals surface area contributed by atoms with Crippen LogP contribution >= 0.6 is 0 Å². The van der Waals surface area contributed by atoms with Crippen LogP contribution < -0.4 is 10.9 Å². The minimum Gasteiger partial charge on any atom is -0.394 e. The molecule has 0 bridgehead atoms. The molecule has 0 saturated heterocycles. The van der Waals surface area contributed by atoms with E-state index >= 15 is 0 Å². The second-order valence-corrected chi connectivity index (χ2v) is 3.67. The summed E-state index contributed by atoms with van der Waals surface area (Å²) in [6.07, 6.45) is 1.52. The number of hydrogen-bond acceptors (Lipinski definition) is 4. The number of carbonyl (C=O) groups excluding carboxylic acids is 1. The molecule has 0 aromatic carbocycles. The van der Waals surface area contributed by atoms with Gasteiger partial charge in [-0.2, -0.15) is 0 Å². The first-order valence-corrected chi connectivity index (χ1v) is 5.15. The number of rotatable bonds is 5. The number of aliphatic hydroxyl groups is 1. The van der Waals surface area contributed by atoms with Crippen LogP contribution in [0.2, 0.25) is 0 Å². The average Bonchev–Trinajstić information content (AvgIpc) is 2.31. The number of nitrogens with zero attached hydrogens (tertiary/aromatic N) is 1. The van der Waals surface area contributed by atoms with Gasteiger partial charge in [-0.05, 0) is 6.07 Å². The number of aliphatic hydroxyl groups excluding tert-OH is 1. The van der Waals surface area contributed by atoms with Gasteiger partial charge in [-0.3, -0.25) is 9.59 Å². The summed E-state index contributed by atoms with van der Waals surface area (Å²) >= 11 is 0. The van der Waals surface area contributed by atoms with Crippen LogP contribution in [0.15, 0.2) is 23.1 Å². The van der Waals surface area contributed by atoms with E-state index in [0.29, 0.717) is 0 Å². The van der Waals surface area contributed by atoms with E-state index in [1.54, 1.807) is 7.05 Å². The van der Waals surface area contributed by atoms with Crippen molar-refractivity contribution in [1.29, 1.82) is 0 Å². The zero-order valence-corrected chi connectivity index (χ0v) is 9.84. The molecule has 1 rings (SSSR count). The predicted octanol–water partition coefficient (Wildman–Crippen LogP) is -0.878. The number of aromatic nitrogens is 1. The Hall–Kier alpha value is -1.66. The summed E-state index contributed by atoms with van der Waals surface area (Å²) < 4.78 is 6.20. The Bertz CT molecular complexity index is 441. The molecule has 0 saturated carbocycles. The van der Waals surface area contributed by atoms with Crippen molar-refractivity contribution >= 4 is 5.91 Å². The Morgan fingerprint density at radius 2 is 2.35 bits per heavy atom. The van der Waals surface area contributed by atoms with Gasteiger partial charge in [0.05, 0.1) is 19.3 Å². The Kier molecular flexibility index (Phi) is 4.86. The Morgan fingerprint density at radius 3 is 2.88 bits per heavy atom. The number of pyridine rings is 1. The molecular formula is C11H16N2O4. The average molecular weight is 240 g/mol. The van der Waals surface area contributed by atoms with Gasteiger partial charge in [0.15, 0.2) is 0 Å². The molecule has 0 aliphatic carbocycles. The van der Waals surface area contributed by atoms with E-state index in [-0.39, 0.29) is 24.3 Å². The molecule has 1 aromatic heterocycles. The lowest BCUT2D eigenvalue weighted by Gasteiger charge is -2.15. The van der Waals surface area contributed by atoms with Crippen LogP contribution in [0.25, 0.3) is 0 Å². The lowest BCUT2D eigenvalue weighted by Crippen LogP contribution is -2.41. The Morgan fingerprint density at radius 1 is 1.65 bits per heavy atom. The lowest BCUT2D eigenvalue weighted by atomic mass is 10.2. The van der Waals surface area contributed by atoms with E-state index in [1.165, 1.54) is 30.0 Å². The van der Waals surface area contributed by atoms with Gasteiger partial charge in [0.25, 0.3) is 11.5 Å². The van der Waals surface area contributed by atoms with Gasteiger partial charge in [-0.1, -0.05) is 0 Å². The normalized spacial score (nSPS) is 12.2. The second-order valence-electron chi connectivity index (χ2n) is 3.67. The van der Waals surface area contributed by atoms with Gasteiger partial charge in [0.1, 0.15) is 0 Å². The standard InChI is InChI=1S/C11H16N2O4/c1-13-4-3-8(5-10(13)15)11(16)12-9(6-14)7-17-2/h3-5,9,14H,6-7H2,1-2H3,(H,12,16). The number of aryl methyl sites for hydroxylation is 1. The zero-order chi connectivity index (χ0) is 12.8. The maximum absolute atomic E-state index is 11.7. The van der Waals surface area contributed by atoms with Crippen molar-refractivity contribution in [3.63, 3.8) is 0 Å². The molecule has 2 N–H and O–H groups in total. The highest BCUT2D eigenvalue weighted by molar-refractivity contribution is 5.94. The SMILES string of the molecule is COCC(CO)NC(=O)c1ccn(C)c(=O)c1. The topological polar surface area (TPSA) is 80.6 Å². The highest BCUT2D eigenvalue weighted by atomic mass is 16.5. The molecule has 1 unspecified atom stereocenters. The molecular weight excluding hydrogens is 224 g/mol. The van der Waals surface area contributed by atoms with E-state index in [0.717, 1.165) is 0 Å². The maximum Gasteiger partial charge on any atom is 0.251 e. The monoisotopic (exact) mass is 240 g/mol. The number of nitrogens with one attached hydrogen (secondary N) is 1. The summed E-state index contributed by atoms with van der Waals surface area (Å²) in [5.41, 5.74) is 0.00703. The van der Waals surface area contributed by atoms with Crippen LogP contribution in [0.3, 0.4) is 0 Å². The predicted molar refractivity (Wildman–Crippen MR) is 61.9 cm³/mol. The highest BCUT2D eigenvalue weighted by Crippen LogP contribution is 1.95. The van der Waals surface area contributed by atoms with E-state index in [9.17, 15) is 9.59 Å². The van der Waals surface area contributed by atoms with Crippen molar-refractivity contribution in [2.45, 2.75) is 6.04 Å². The number of carbonyl (C=O) groups is 1. The van der Waals surface area contributed by atoms with Crippen LogP contribution in [0.1, 0.15) is 10.4 Å². The van der Waals surface area contributed by atoms with Crippen molar-refractivity contribution in [2.24, 2.45) is 7.05 Å². The van der Waals surface area contributed by atoms with Crippen molar-refractivity contribution in [3.8, 4) is 0 Å². The molecule has 0 aliphatic heterocycles. The first-order valence-electron chi connectivity index (χ1n) is 5.15. The fourth-order valence-electron chi connectivity index (χ4n) is 1.30. The zero-order valence-electron chi connectivity index (χ0n) is 9.84. The fraction of sp³-hybridized carbons (Fsp3) is 0.455. The maximum atomic E-state index is 11.7. The molecule has 17 heavy (non-hydrogen) atoms. The van der Waals surface area contributed by atoms with Crippen molar-refractivity contribution < 1.29 is 14.6 Å². The molecule has 0 spiro atoms. The first kappa shape index (κ1) is 13.4. The first-order chi connectivity index (χ1) is 8.08. The molecule has 1 aromatic rings. The van der Waals surface area contributed by atoms with E-state index in [1.807, 2.05) is 0 Å². The molecule has 1 amide bonds. The van der Waals surface area contributed by atoms with Gasteiger partial charge < -0.3 is 19.7 Å². The Labute approximate surface area is 98.8 Å². The van der Waals surface area contributed by atoms with E-state index in [2.05, 4.69) is 5.32 Å². The Balaban J connectivity index is 2.75. The summed E-state index contributed by atoms with van der Waals surface area (Å²) in [7, 11) is 3.08. The van der Waals surface area contributed by atoms with Crippen LogP contribution in [0.4, 0.5) is 0 Å². The minimum absolute atomic E-state index is 0.215. The molecule has 0 aliphatic rings. The van der Waals surface area contributed by atoms with Crippen LogP contribution in [0.5, 0.6) is 0 Å². The molecule has 6 nitrogen and oxygen atoms in total. The number of methoxy groups -OCH3 is 1. The second kappa shape index (κ2) is 6.17. The smallest absolute Gasteiger partial charge is 0.251 e. The number of ether oxygens (including phenoxy) is 1.